The molecule has 0 saturated carbocycles. The minimum atomic E-state index is -0.904. The van der Waals surface area contributed by atoms with Crippen molar-refractivity contribution < 1.29 is 9.90 Å². The summed E-state index contributed by atoms with van der Waals surface area (Å²) in [6.45, 7) is -0.143. The summed E-state index contributed by atoms with van der Waals surface area (Å²) in [4.78, 5) is 23.8. The Kier molecular flexibility index (Phi) is 3.28. The first kappa shape index (κ1) is 12.5. The van der Waals surface area contributed by atoms with E-state index in [4.69, 9.17) is 5.11 Å². The first-order valence-electron chi connectivity index (χ1n) is 6.50. The molecule has 0 aromatic carbocycles. The van der Waals surface area contributed by atoms with Crippen molar-refractivity contribution in [2.45, 2.75) is 19.3 Å². The molecular formula is C14H14N4O2. The number of fused-ring (bicyclic) bond motifs is 1. The van der Waals surface area contributed by atoms with Crippen LogP contribution in [-0.4, -0.2) is 32.6 Å². The fourth-order valence-corrected chi connectivity index (χ4v) is 2.36. The number of aliphatic carboxylic acids is 1. The van der Waals surface area contributed by atoms with Gasteiger partial charge in [-0.1, -0.05) is 0 Å². The summed E-state index contributed by atoms with van der Waals surface area (Å²) in [6, 6.07) is 3.72. The number of carboxylic acid groups (broad SMARTS) is 1. The van der Waals surface area contributed by atoms with E-state index in [0.717, 1.165) is 36.1 Å². The number of hydrogen-bond donors (Lipinski definition) is 2. The largest absolute Gasteiger partial charge is 0.480 e. The molecule has 0 radical (unpaired) electrons. The van der Waals surface area contributed by atoms with E-state index >= 15 is 0 Å². The fourth-order valence-electron chi connectivity index (χ4n) is 2.36. The third-order valence-corrected chi connectivity index (χ3v) is 3.26. The Morgan fingerprint density at radius 3 is 3.00 bits per heavy atom. The summed E-state index contributed by atoms with van der Waals surface area (Å²) in [5, 5.41) is 11.7. The maximum absolute atomic E-state index is 10.7. The number of carbonyl (C=O) groups is 1. The first-order chi connectivity index (χ1) is 9.74. The van der Waals surface area contributed by atoms with Gasteiger partial charge in [-0.05, 0) is 31.4 Å². The zero-order chi connectivity index (χ0) is 13.9. The molecule has 0 amide bonds. The lowest BCUT2D eigenvalue weighted by Crippen LogP contribution is -2.15. The summed E-state index contributed by atoms with van der Waals surface area (Å²) in [5.41, 5.74) is 2.88. The third-order valence-electron chi connectivity index (χ3n) is 3.26. The van der Waals surface area contributed by atoms with E-state index in [2.05, 4.69) is 20.3 Å². The zero-order valence-corrected chi connectivity index (χ0v) is 10.8. The molecule has 0 fully saturated rings. The number of rotatable bonds is 4. The van der Waals surface area contributed by atoms with Crippen molar-refractivity contribution in [1.29, 1.82) is 0 Å². The van der Waals surface area contributed by atoms with Crippen molar-refractivity contribution in [3.05, 3.63) is 35.8 Å². The second-order valence-electron chi connectivity index (χ2n) is 4.66. The van der Waals surface area contributed by atoms with Gasteiger partial charge in [0.1, 0.15) is 12.4 Å². The van der Waals surface area contributed by atoms with E-state index in [1.54, 1.807) is 12.4 Å². The minimum Gasteiger partial charge on any atom is -0.480 e. The lowest BCUT2D eigenvalue weighted by Gasteiger charge is -2.10. The van der Waals surface area contributed by atoms with Crippen LogP contribution in [0, 0.1) is 0 Å². The van der Waals surface area contributed by atoms with E-state index in [9.17, 15) is 4.79 Å². The van der Waals surface area contributed by atoms with Gasteiger partial charge in [-0.15, -0.1) is 0 Å². The van der Waals surface area contributed by atoms with Gasteiger partial charge in [-0.3, -0.25) is 9.78 Å². The molecule has 3 rings (SSSR count). The Bertz CT molecular complexity index is 643. The molecule has 2 aromatic rings. The van der Waals surface area contributed by atoms with Crippen LogP contribution in [0.2, 0.25) is 0 Å². The molecular weight excluding hydrogens is 256 g/mol. The third kappa shape index (κ3) is 2.45. The van der Waals surface area contributed by atoms with Gasteiger partial charge in [0.2, 0.25) is 0 Å². The highest BCUT2D eigenvalue weighted by Crippen LogP contribution is 2.28. The molecule has 2 heterocycles. The highest BCUT2D eigenvalue weighted by Gasteiger charge is 2.20. The average Bonchev–Trinajstić information content (AvgIpc) is 2.94. The minimum absolute atomic E-state index is 0.143. The maximum Gasteiger partial charge on any atom is 0.322 e. The number of carboxylic acids is 1. The lowest BCUT2D eigenvalue weighted by molar-refractivity contribution is -0.134. The fraction of sp³-hybridized carbons (Fsp3) is 0.286. The van der Waals surface area contributed by atoms with Gasteiger partial charge in [0, 0.05) is 29.2 Å². The van der Waals surface area contributed by atoms with Gasteiger partial charge in [0.25, 0.3) is 0 Å². The van der Waals surface area contributed by atoms with Crippen molar-refractivity contribution in [2.24, 2.45) is 0 Å². The zero-order valence-electron chi connectivity index (χ0n) is 10.8. The Morgan fingerprint density at radius 2 is 2.25 bits per heavy atom. The smallest absolute Gasteiger partial charge is 0.322 e. The predicted octanol–water partition coefficient (Wildman–Crippen LogP) is 1.52. The van der Waals surface area contributed by atoms with Crippen molar-refractivity contribution in [3.63, 3.8) is 0 Å². The number of aryl methyl sites for hydroxylation is 1. The van der Waals surface area contributed by atoms with Crippen molar-refractivity contribution in [3.8, 4) is 11.4 Å². The SMILES string of the molecule is O=C(O)CNc1nc(-c2cccnc2)nc2c1CCC2. The highest BCUT2D eigenvalue weighted by molar-refractivity contribution is 5.73. The summed E-state index contributed by atoms with van der Waals surface area (Å²) >= 11 is 0. The van der Waals surface area contributed by atoms with Crippen LogP contribution >= 0.6 is 0 Å². The van der Waals surface area contributed by atoms with Gasteiger partial charge in [-0.25, -0.2) is 9.97 Å². The molecule has 102 valence electrons. The van der Waals surface area contributed by atoms with E-state index < -0.39 is 5.97 Å². The molecule has 0 bridgehead atoms. The second kappa shape index (κ2) is 5.24. The van der Waals surface area contributed by atoms with Crippen molar-refractivity contribution in [1.82, 2.24) is 15.0 Å². The predicted molar refractivity (Wildman–Crippen MR) is 73.4 cm³/mol. The highest BCUT2D eigenvalue weighted by atomic mass is 16.4. The average molecular weight is 270 g/mol. The molecule has 1 aliphatic rings. The Morgan fingerprint density at radius 1 is 1.35 bits per heavy atom. The molecule has 0 unspecified atom stereocenters. The monoisotopic (exact) mass is 270 g/mol. The standard InChI is InChI=1S/C14H14N4O2/c19-12(20)8-16-14-10-4-1-5-11(10)17-13(18-14)9-3-2-6-15-7-9/h2-3,6-7H,1,4-5,8H2,(H,19,20)(H,16,17,18). The normalized spacial score (nSPS) is 13.0. The van der Waals surface area contributed by atoms with Gasteiger partial charge >= 0.3 is 5.97 Å². The maximum atomic E-state index is 10.7. The molecule has 2 aromatic heterocycles. The number of nitrogens with one attached hydrogen (secondary N) is 1. The second-order valence-corrected chi connectivity index (χ2v) is 4.66. The number of pyridine rings is 1. The molecule has 20 heavy (non-hydrogen) atoms. The van der Waals surface area contributed by atoms with Crippen LogP contribution in [0.3, 0.4) is 0 Å². The van der Waals surface area contributed by atoms with Crippen molar-refractivity contribution >= 4 is 11.8 Å². The summed E-state index contributed by atoms with van der Waals surface area (Å²) in [5.74, 6) is 0.318. The molecule has 6 nitrogen and oxygen atoms in total. The Labute approximate surface area is 115 Å². The summed E-state index contributed by atoms with van der Waals surface area (Å²) in [6.07, 6.45) is 6.23. The quantitative estimate of drug-likeness (QED) is 0.875. The van der Waals surface area contributed by atoms with E-state index in [0.29, 0.717) is 11.6 Å². The van der Waals surface area contributed by atoms with Crippen LogP contribution in [-0.2, 0) is 17.6 Å². The molecule has 0 atom stereocenters. The molecule has 1 aliphatic carbocycles. The first-order valence-corrected chi connectivity index (χ1v) is 6.50. The van der Waals surface area contributed by atoms with E-state index in [1.165, 1.54) is 0 Å². The van der Waals surface area contributed by atoms with Crippen LogP contribution in [0.25, 0.3) is 11.4 Å². The Balaban J connectivity index is 2.00. The van der Waals surface area contributed by atoms with Crippen LogP contribution in [0.15, 0.2) is 24.5 Å². The van der Waals surface area contributed by atoms with E-state index in [-0.39, 0.29) is 6.54 Å². The Hall–Kier alpha value is -2.50. The number of aromatic nitrogens is 3. The molecule has 0 spiro atoms. The number of nitrogens with zero attached hydrogens (tertiary/aromatic N) is 3. The summed E-state index contributed by atoms with van der Waals surface area (Å²) in [7, 11) is 0. The lowest BCUT2D eigenvalue weighted by atomic mass is 10.2. The van der Waals surface area contributed by atoms with Gasteiger partial charge in [-0.2, -0.15) is 0 Å². The van der Waals surface area contributed by atoms with Crippen LogP contribution < -0.4 is 5.32 Å². The summed E-state index contributed by atoms with van der Waals surface area (Å²) < 4.78 is 0. The molecule has 6 heteroatoms. The number of hydrogen-bond acceptors (Lipinski definition) is 5. The van der Waals surface area contributed by atoms with Crippen LogP contribution in [0.1, 0.15) is 17.7 Å². The van der Waals surface area contributed by atoms with Crippen LogP contribution in [0.4, 0.5) is 5.82 Å². The van der Waals surface area contributed by atoms with Crippen molar-refractivity contribution in [2.75, 3.05) is 11.9 Å². The van der Waals surface area contributed by atoms with E-state index in [1.807, 2.05) is 12.1 Å². The topological polar surface area (TPSA) is 88.0 Å². The van der Waals surface area contributed by atoms with Gasteiger partial charge in [0.05, 0.1) is 0 Å². The number of anilines is 1. The van der Waals surface area contributed by atoms with Crippen LogP contribution in [0.5, 0.6) is 0 Å². The van der Waals surface area contributed by atoms with Gasteiger partial charge in [0.15, 0.2) is 5.82 Å². The molecule has 0 aliphatic heterocycles. The molecule has 2 N–H and O–H groups in total. The molecule has 0 saturated heterocycles. The van der Waals surface area contributed by atoms with Gasteiger partial charge < -0.3 is 10.4 Å².